The summed E-state index contributed by atoms with van der Waals surface area (Å²) in [6.07, 6.45) is 4.82. The average molecular weight is 314 g/mol. The van der Waals surface area contributed by atoms with Crippen LogP contribution in [0.15, 0.2) is 55.0 Å². The number of nitriles is 1. The Morgan fingerprint density at radius 1 is 1.22 bits per heavy atom. The first kappa shape index (κ1) is 16.9. The molecule has 0 bridgehead atoms. The normalized spacial score (nSPS) is 9.70. The molecule has 0 aliphatic carbocycles. The molecule has 0 unspecified atom stereocenters. The number of carbonyl (C=O) groups is 1. The van der Waals surface area contributed by atoms with Gasteiger partial charge in [-0.1, -0.05) is 6.07 Å². The van der Waals surface area contributed by atoms with E-state index in [0.29, 0.717) is 22.5 Å². The topological polar surface area (TPSA) is 91.8 Å². The summed E-state index contributed by atoms with van der Waals surface area (Å²) in [6.45, 7) is 0. The molecule has 0 aliphatic rings. The first-order chi connectivity index (χ1) is 10.7. The third-order valence-electron chi connectivity index (χ3n) is 3.17. The molecule has 3 rings (SSSR count). The van der Waals surface area contributed by atoms with Crippen LogP contribution in [0.5, 0.6) is 0 Å². The maximum absolute atomic E-state index is 11.0. The maximum atomic E-state index is 11.0. The van der Waals surface area contributed by atoms with Gasteiger partial charge in [0.1, 0.15) is 6.07 Å². The number of rotatable bonds is 3. The number of carboxylic acids is 1. The van der Waals surface area contributed by atoms with Crippen LogP contribution in [0.1, 0.15) is 15.9 Å². The van der Waals surface area contributed by atoms with Gasteiger partial charge < -0.3 is 5.11 Å². The van der Waals surface area contributed by atoms with E-state index in [1.165, 1.54) is 18.3 Å². The van der Waals surface area contributed by atoms with Gasteiger partial charge in [0.2, 0.25) is 0 Å². The molecule has 0 radical (unpaired) electrons. The summed E-state index contributed by atoms with van der Waals surface area (Å²) in [5, 5.41) is 22.5. The van der Waals surface area contributed by atoms with E-state index >= 15 is 0 Å². The third-order valence-corrected chi connectivity index (χ3v) is 3.17. The van der Waals surface area contributed by atoms with E-state index in [2.05, 4.69) is 16.2 Å². The Morgan fingerprint density at radius 2 is 2.04 bits per heavy atom. The fraction of sp³-hybridized carbons (Fsp3) is 0. The summed E-state index contributed by atoms with van der Waals surface area (Å²) in [5.74, 6) is -1.02. The molecule has 2 aromatic heterocycles. The zero-order chi connectivity index (χ0) is 15.5. The van der Waals surface area contributed by atoms with Gasteiger partial charge in [-0.15, -0.1) is 0 Å². The van der Waals surface area contributed by atoms with Gasteiger partial charge in [-0.2, -0.15) is 10.4 Å². The first-order valence-corrected chi connectivity index (χ1v) is 6.43. The molecule has 0 aliphatic heterocycles. The van der Waals surface area contributed by atoms with Crippen LogP contribution in [-0.4, -0.2) is 55.4 Å². The molecule has 0 fully saturated rings. The van der Waals surface area contributed by atoms with Crippen molar-refractivity contribution in [2.75, 3.05) is 0 Å². The molecule has 108 valence electrons. The fourth-order valence-electron chi connectivity index (χ4n) is 2.12. The first-order valence-electron chi connectivity index (χ1n) is 6.43. The zero-order valence-corrected chi connectivity index (χ0v) is 11.3. The molecule has 0 saturated heterocycles. The second kappa shape index (κ2) is 7.20. The summed E-state index contributed by atoms with van der Waals surface area (Å²) < 4.78 is 1.60. The van der Waals surface area contributed by atoms with Crippen molar-refractivity contribution in [3.05, 3.63) is 66.1 Å². The van der Waals surface area contributed by atoms with E-state index in [9.17, 15) is 10.1 Å². The van der Waals surface area contributed by atoms with Gasteiger partial charge in [0.15, 0.2) is 0 Å². The predicted molar refractivity (Wildman–Crippen MR) is 85.6 cm³/mol. The van der Waals surface area contributed by atoms with Gasteiger partial charge in [0.05, 0.1) is 22.5 Å². The number of benzene rings is 1. The van der Waals surface area contributed by atoms with Crippen LogP contribution in [0.25, 0.3) is 16.9 Å². The molecule has 6 nitrogen and oxygen atoms in total. The van der Waals surface area contributed by atoms with Crippen molar-refractivity contribution in [2.45, 2.75) is 0 Å². The van der Waals surface area contributed by atoms with Crippen LogP contribution in [0.2, 0.25) is 0 Å². The Morgan fingerprint density at radius 3 is 2.70 bits per heavy atom. The number of carboxylic acid groups (broad SMARTS) is 1. The summed E-state index contributed by atoms with van der Waals surface area (Å²) in [4.78, 5) is 15.2. The number of pyridine rings is 1. The van der Waals surface area contributed by atoms with Crippen molar-refractivity contribution in [2.24, 2.45) is 0 Å². The Kier molecular flexibility index (Phi) is 5.29. The van der Waals surface area contributed by atoms with Gasteiger partial charge in [0, 0.05) is 24.2 Å². The Hall–Kier alpha value is -2.46. The van der Waals surface area contributed by atoms with Gasteiger partial charge in [-0.3, -0.25) is 4.98 Å². The standard InChI is InChI=1S/C16H10N4O2.Na.H/c17-10-13-8-11(2-3-15(13)20-7-1-5-19-20)14-9-12(16(21)22)4-6-18-14;;/h1-9H,(H,21,22);;. The monoisotopic (exact) mass is 314 g/mol. The molecule has 1 N–H and O–H groups in total. The average Bonchev–Trinajstić information content (AvgIpc) is 3.08. The molecule has 1 aromatic carbocycles. The molecule has 0 amide bonds. The summed E-state index contributed by atoms with van der Waals surface area (Å²) >= 11 is 0. The fourth-order valence-corrected chi connectivity index (χ4v) is 2.12. The van der Waals surface area contributed by atoms with Gasteiger partial charge in [-0.05, 0) is 30.3 Å². The molecule has 0 spiro atoms. The molecule has 2 heterocycles. The van der Waals surface area contributed by atoms with E-state index < -0.39 is 5.97 Å². The van der Waals surface area contributed by atoms with E-state index in [-0.39, 0.29) is 35.1 Å². The van der Waals surface area contributed by atoms with Crippen LogP contribution in [0.3, 0.4) is 0 Å². The molecule has 7 heteroatoms. The summed E-state index contributed by atoms with van der Waals surface area (Å²) in [7, 11) is 0. The number of aromatic carboxylic acids is 1. The Labute approximate surface area is 154 Å². The van der Waals surface area contributed by atoms with E-state index in [1.807, 2.05) is 0 Å². The molecule has 3 aromatic rings. The van der Waals surface area contributed by atoms with Crippen molar-refractivity contribution < 1.29 is 9.90 Å². The van der Waals surface area contributed by atoms with E-state index in [0.717, 1.165) is 0 Å². The van der Waals surface area contributed by atoms with Crippen LogP contribution in [0, 0.1) is 11.3 Å². The molecule has 0 saturated carbocycles. The van der Waals surface area contributed by atoms with E-state index in [4.69, 9.17) is 5.11 Å². The molecule has 0 atom stereocenters. The number of hydrogen-bond acceptors (Lipinski definition) is 4. The van der Waals surface area contributed by atoms with Crippen molar-refractivity contribution in [3.8, 4) is 23.0 Å². The van der Waals surface area contributed by atoms with Crippen LogP contribution in [-0.2, 0) is 0 Å². The van der Waals surface area contributed by atoms with Crippen molar-refractivity contribution in [3.63, 3.8) is 0 Å². The Balaban J connectivity index is 0.00000192. The number of hydrogen-bond donors (Lipinski definition) is 1. The van der Waals surface area contributed by atoms with Crippen LogP contribution < -0.4 is 0 Å². The number of nitrogens with zero attached hydrogens (tertiary/aromatic N) is 4. The second-order valence-electron chi connectivity index (χ2n) is 4.53. The van der Waals surface area contributed by atoms with E-state index in [1.54, 1.807) is 41.3 Å². The van der Waals surface area contributed by atoms with Crippen LogP contribution in [0.4, 0.5) is 0 Å². The third kappa shape index (κ3) is 3.48. The van der Waals surface area contributed by atoms with Crippen molar-refractivity contribution in [1.82, 2.24) is 14.8 Å². The van der Waals surface area contributed by atoms with Gasteiger partial charge >= 0.3 is 35.5 Å². The second-order valence-corrected chi connectivity index (χ2v) is 4.53. The summed E-state index contributed by atoms with van der Waals surface area (Å²) in [6, 6.07) is 12.0. The number of aromatic nitrogens is 3. The quantitative estimate of drug-likeness (QED) is 0.745. The zero-order valence-electron chi connectivity index (χ0n) is 11.3. The summed E-state index contributed by atoms with van der Waals surface area (Å²) in [5.41, 5.74) is 2.42. The SMILES string of the molecule is N#Cc1cc(-c2cc(C(=O)O)ccn2)ccc1-n1cccn1.[NaH]. The molecule has 23 heavy (non-hydrogen) atoms. The predicted octanol–water partition coefficient (Wildman–Crippen LogP) is 1.86. The molecular weight excluding hydrogens is 303 g/mol. The minimum atomic E-state index is -1.02. The van der Waals surface area contributed by atoms with Gasteiger partial charge in [-0.25, -0.2) is 9.48 Å². The van der Waals surface area contributed by atoms with Crippen LogP contribution >= 0.6 is 0 Å². The van der Waals surface area contributed by atoms with Crippen molar-refractivity contribution in [1.29, 1.82) is 5.26 Å². The van der Waals surface area contributed by atoms with Gasteiger partial charge in [0.25, 0.3) is 0 Å². The minimum absolute atomic E-state index is 0. The van der Waals surface area contributed by atoms with Crippen molar-refractivity contribution >= 4 is 35.5 Å². The Bertz CT molecular complexity index is 885. The molecular formula is C16H11N4NaO2.